The van der Waals surface area contributed by atoms with E-state index in [9.17, 15) is 4.79 Å². The van der Waals surface area contributed by atoms with Gasteiger partial charge in [0.1, 0.15) is 0 Å². The van der Waals surface area contributed by atoms with Crippen LogP contribution in [0.5, 0.6) is 0 Å². The predicted molar refractivity (Wildman–Crippen MR) is 58.2 cm³/mol. The van der Waals surface area contributed by atoms with Gasteiger partial charge in [0, 0.05) is 19.2 Å². The minimum Gasteiger partial charge on any atom is -0.373 e. The van der Waals surface area contributed by atoms with Crippen molar-refractivity contribution in [3.63, 3.8) is 0 Å². The summed E-state index contributed by atoms with van der Waals surface area (Å²) in [5, 5.41) is 0. The largest absolute Gasteiger partial charge is 0.373 e. The lowest BCUT2D eigenvalue weighted by Crippen LogP contribution is -2.15. The third kappa shape index (κ3) is 1.31. The van der Waals surface area contributed by atoms with Gasteiger partial charge < -0.3 is 4.90 Å². The van der Waals surface area contributed by atoms with Gasteiger partial charge in [0.05, 0.1) is 5.69 Å². The molecule has 0 atom stereocenters. The fraction of sp³-hybridized carbons (Fsp3) is 0.417. The van der Waals surface area contributed by atoms with Gasteiger partial charge in [-0.25, -0.2) is 0 Å². The SMILES string of the molecule is CC(=O)c1cc(C)cc2c1N(C)CC2. The third-order valence-corrected chi connectivity index (χ3v) is 2.81. The van der Waals surface area contributed by atoms with Crippen LogP contribution in [0.15, 0.2) is 12.1 Å². The molecule has 1 aromatic rings. The van der Waals surface area contributed by atoms with E-state index >= 15 is 0 Å². The number of Topliss-reactive ketones (excluding diaryl/α,β-unsaturated/α-hetero) is 1. The molecule has 0 bridgehead atoms. The van der Waals surface area contributed by atoms with Crippen LogP contribution in [-0.2, 0) is 6.42 Å². The Bertz CT molecular complexity index is 396. The van der Waals surface area contributed by atoms with Crippen LogP contribution in [0.4, 0.5) is 5.69 Å². The zero-order chi connectivity index (χ0) is 10.3. The summed E-state index contributed by atoms with van der Waals surface area (Å²) in [5.74, 6) is 0.165. The Morgan fingerprint density at radius 3 is 2.79 bits per heavy atom. The van der Waals surface area contributed by atoms with E-state index in [4.69, 9.17) is 0 Å². The fourth-order valence-electron chi connectivity index (χ4n) is 2.16. The first-order valence-electron chi connectivity index (χ1n) is 4.95. The van der Waals surface area contributed by atoms with Gasteiger partial charge in [-0.3, -0.25) is 4.79 Å². The van der Waals surface area contributed by atoms with Gasteiger partial charge >= 0.3 is 0 Å². The van der Waals surface area contributed by atoms with Crippen molar-refractivity contribution in [3.05, 3.63) is 28.8 Å². The Morgan fingerprint density at radius 1 is 1.43 bits per heavy atom. The topological polar surface area (TPSA) is 20.3 Å². The van der Waals surface area contributed by atoms with Crippen molar-refractivity contribution in [1.82, 2.24) is 0 Å². The summed E-state index contributed by atoms with van der Waals surface area (Å²) >= 11 is 0. The second-order valence-corrected chi connectivity index (χ2v) is 4.05. The highest BCUT2D eigenvalue weighted by molar-refractivity contribution is 6.01. The normalized spacial score (nSPS) is 14.4. The molecule has 0 aliphatic carbocycles. The molecule has 0 N–H and O–H groups in total. The Labute approximate surface area is 84.5 Å². The Balaban J connectivity index is 2.65. The standard InChI is InChI=1S/C12H15NO/c1-8-6-10-4-5-13(3)12(10)11(7-8)9(2)14/h6-7H,4-5H2,1-3H3. The molecule has 0 aromatic heterocycles. The Kier molecular flexibility index (Phi) is 2.06. The second-order valence-electron chi connectivity index (χ2n) is 4.05. The number of carbonyl (C=O) groups excluding carboxylic acids is 1. The van der Waals surface area contributed by atoms with Crippen molar-refractivity contribution in [1.29, 1.82) is 0 Å². The molecule has 1 aromatic carbocycles. The average molecular weight is 189 g/mol. The first-order valence-corrected chi connectivity index (χ1v) is 4.95. The van der Waals surface area contributed by atoms with Crippen LogP contribution in [0.25, 0.3) is 0 Å². The molecule has 0 spiro atoms. The van der Waals surface area contributed by atoms with Crippen LogP contribution in [0.3, 0.4) is 0 Å². The highest BCUT2D eigenvalue weighted by Crippen LogP contribution is 2.32. The van der Waals surface area contributed by atoms with E-state index in [0.717, 1.165) is 24.2 Å². The summed E-state index contributed by atoms with van der Waals surface area (Å²) < 4.78 is 0. The van der Waals surface area contributed by atoms with Crippen LogP contribution < -0.4 is 4.90 Å². The quantitative estimate of drug-likeness (QED) is 0.631. The molecule has 1 aliphatic heterocycles. The zero-order valence-corrected chi connectivity index (χ0v) is 8.92. The maximum absolute atomic E-state index is 11.5. The van der Waals surface area contributed by atoms with E-state index < -0.39 is 0 Å². The van der Waals surface area contributed by atoms with Gasteiger partial charge in [-0.15, -0.1) is 0 Å². The van der Waals surface area contributed by atoms with Gasteiger partial charge in [-0.1, -0.05) is 6.07 Å². The van der Waals surface area contributed by atoms with Crippen molar-refractivity contribution in [2.45, 2.75) is 20.3 Å². The molecule has 1 aliphatic rings. The summed E-state index contributed by atoms with van der Waals surface area (Å²) in [5.41, 5.74) is 4.52. The first-order chi connectivity index (χ1) is 6.59. The average Bonchev–Trinajstić information content (AvgIpc) is 2.46. The van der Waals surface area contributed by atoms with Crippen LogP contribution in [0.1, 0.15) is 28.4 Å². The molecule has 0 fully saturated rings. The van der Waals surface area contributed by atoms with Gasteiger partial charge in [0.2, 0.25) is 0 Å². The number of fused-ring (bicyclic) bond motifs is 1. The van der Waals surface area contributed by atoms with Crippen molar-refractivity contribution >= 4 is 11.5 Å². The van der Waals surface area contributed by atoms with Crippen LogP contribution in [0.2, 0.25) is 0 Å². The van der Waals surface area contributed by atoms with Gasteiger partial charge in [0.15, 0.2) is 5.78 Å². The molecular formula is C12H15NO. The molecule has 2 heteroatoms. The van der Waals surface area contributed by atoms with E-state index in [1.165, 1.54) is 11.1 Å². The molecule has 2 rings (SSSR count). The van der Waals surface area contributed by atoms with Crippen LogP contribution in [0, 0.1) is 6.92 Å². The van der Waals surface area contributed by atoms with Crippen molar-refractivity contribution in [2.24, 2.45) is 0 Å². The van der Waals surface area contributed by atoms with E-state index in [0.29, 0.717) is 0 Å². The Morgan fingerprint density at radius 2 is 2.14 bits per heavy atom. The summed E-state index contributed by atoms with van der Waals surface area (Å²) in [7, 11) is 2.05. The van der Waals surface area contributed by atoms with Crippen LogP contribution in [-0.4, -0.2) is 19.4 Å². The van der Waals surface area contributed by atoms with Gasteiger partial charge in [0.25, 0.3) is 0 Å². The van der Waals surface area contributed by atoms with Crippen molar-refractivity contribution < 1.29 is 4.79 Å². The molecule has 2 nitrogen and oxygen atoms in total. The molecule has 0 amide bonds. The monoisotopic (exact) mass is 189 g/mol. The number of hydrogen-bond donors (Lipinski definition) is 0. The summed E-state index contributed by atoms with van der Waals surface area (Å²) in [6, 6.07) is 4.17. The van der Waals surface area contributed by atoms with E-state index in [-0.39, 0.29) is 5.78 Å². The predicted octanol–water partition coefficient (Wildman–Crippen LogP) is 2.19. The van der Waals surface area contributed by atoms with Crippen LogP contribution >= 0.6 is 0 Å². The molecule has 1 heterocycles. The smallest absolute Gasteiger partial charge is 0.161 e. The number of likely N-dealkylation sites (N-methyl/N-ethyl adjacent to an activating group) is 1. The summed E-state index contributed by atoms with van der Waals surface area (Å²) in [4.78, 5) is 13.6. The molecule has 14 heavy (non-hydrogen) atoms. The maximum atomic E-state index is 11.5. The fourth-order valence-corrected chi connectivity index (χ4v) is 2.16. The molecular weight excluding hydrogens is 174 g/mol. The number of nitrogens with zero attached hydrogens (tertiary/aromatic N) is 1. The van der Waals surface area contributed by atoms with E-state index in [2.05, 4.69) is 11.0 Å². The number of rotatable bonds is 1. The molecule has 0 saturated carbocycles. The van der Waals surface area contributed by atoms with Crippen molar-refractivity contribution in [3.8, 4) is 0 Å². The number of benzene rings is 1. The number of aryl methyl sites for hydroxylation is 1. The molecule has 0 radical (unpaired) electrons. The minimum atomic E-state index is 0.165. The molecule has 74 valence electrons. The summed E-state index contributed by atoms with van der Waals surface area (Å²) in [6.45, 7) is 4.71. The first kappa shape index (κ1) is 9.25. The third-order valence-electron chi connectivity index (χ3n) is 2.81. The number of ketones is 1. The zero-order valence-electron chi connectivity index (χ0n) is 8.92. The lowest BCUT2D eigenvalue weighted by atomic mass is 10.0. The number of hydrogen-bond acceptors (Lipinski definition) is 2. The lowest BCUT2D eigenvalue weighted by Gasteiger charge is -2.15. The highest BCUT2D eigenvalue weighted by Gasteiger charge is 2.21. The second kappa shape index (κ2) is 3.12. The number of carbonyl (C=O) groups is 1. The van der Waals surface area contributed by atoms with Gasteiger partial charge in [-0.2, -0.15) is 0 Å². The minimum absolute atomic E-state index is 0.165. The Hall–Kier alpha value is -1.31. The van der Waals surface area contributed by atoms with E-state index in [1.807, 2.05) is 20.0 Å². The highest BCUT2D eigenvalue weighted by atomic mass is 16.1. The van der Waals surface area contributed by atoms with Gasteiger partial charge in [-0.05, 0) is 37.5 Å². The summed E-state index contributed by atoms with van der Waals surface area (Å²) in [6.07, 6.45) is 1.06. The molecule has 0 unspecified atom stereocenters. The van der Waals surface area contributed by atoms with E-state index in [1.54, 1.807) is 6.92 Å². The number of anilines is 1. The molecule has 0 saturated heterocycles. The maximum Gasteiger partial charge on any atom is 0.161 e. The lowest BCUT2D eigenvalue weighted by molar-refractivity contribution is 0.101. The van der Waals surface area contributed by atoms with Crippen molar-refractivity contribution in [2.75, 3.05) is 18.5 Å².